The van der Waals surface area contributed by atoms with Crippen LogP contribution in [-0.4, -0.2) is 26.6 Å². The Hall–Kier alpha value is -2.77. The topological polar surface area (TPSA) is 75.3 Å². The lowest BCUT2D eigenvalue weighted by atomic mass is 10.1. The minimum Gasteiger partial charge on any atom is -0.351 e. The van der Waals surface area contributed by atoms with E-state index in [4.69, 9.17) is 0 Å². The summed E-state index contributed by atoms with van der Waals surface area (Å²) in [5.74, 6) is 1.37. The van der Waals surface area contributed by atoms with Crippen LogP contribution >= 0.6 is 11.8 Å². The summed E-state index contributed by atoms with van der Waals surface area (Å²) in [6, 6.07) is 20.4. The second kappa shape index (κ2) is 10.7. The molecule has 5 nitrogen and oxygen atoms in total. The van der Waals surface area contributed by atoms with Crippen molar-refractivity contribution in [1.82, 2.24) is 5.32 Å². The van der Waals surface area contributed by atoms with E-state index in [1.807, 2.05) is 44.2 Å². The molecular weight excluding hydrogens is 440 g/mol. The summed E-state index contributed by atoms with van der Waals surface area (Å²) in [7, 11) is -3.83. The van der Waals surface area contributed by atoms with Gasteiger partial charge in [0.05, 0.1) is 10.6 Å². The smallest absolute Gasteiger partial charge is 0.262 e. The maximum absolute atomic E-state index is 13.0. The zero-order valence-electron chi connectivity index (χ0n) is 18.5. The summed E-state index contributed by atoms with van der Waals surface area (Å²) in [6.45, 7) is 6.04. The normalized spacial score (nSPS) is 11.2. The lowest BCUT2D eigenvalue weighted by molar-refractivity contribution is 0.0956. The van der Waals surface area contributed by atoms with Crippen LogP contribution in [0.25, 0.3) is 0 Å². The highest BCUT2D eigenvalue weighted by atomic mass is 32.2. The van der Waals surface area contributed by atoms with E-state index >= 15 is 0 Å². The Morgan fingerprint density at radius 3 is 2.41 bits per heavy atom. The highest BCUT2D eigenvalue weighted by Crippen LogP contribution is 2.24. The number of hydrogen-bond acceptors (Lipinski definition) is 4. The van der Waals surface area contributed by atoms with E-state index in [0.29, 0.717) is 23.4 Å². The molecule has 168 valence electrons. The van der Waals surface area contributed by atoms with Gasteiger partial charge in [-0.2, -0.15) is 11.8 Å². The van der Waals surface area contributed by atoms with Gasteiger partial charge in [0, 0.05) is 23.6 Å². The molecule has 0 aliphatic heterocycles. The van der Waals surface area contributed by atoms with Crippen molar-refractivity contribution in [1.29, 1.82) is 0 Å². The number of amides is 1. The van der Waals surface area contributed by atoms with Crippen LogP contribution in [-0.2, 0) is 15.8 Å². The summed E-state index contributed by atoms with van der Waals surface area (Å²) in [5.41, 5.74) is 4.56. The number of hydrogen-bond donors (Lipinski definition) is 2. The number of aryl methyl sites for hydroxylation is 2. The molecule has 0 fully saturated rings. The number of anilines is 1. The molecule has 0 heterocycles. The highest BCUT2D eigenvalue weighted by molar-refractivity contribution is 7.98. The van der Waals surface area contributed by atoms with Gasteiger partial charge in [0.1, 0.15) is 0 Å². The quantitative estimate of drug-likeness (QED) is 0.430. The van der Waals surface area contributed by atoms with Crippen LogP contribution in [0.1, 0.15) is 32.6 Å². The van der Waals surface area contributed by atoms with Gasteiger partial charge in [-0.15, -0.1) is 0 Å². The number of carbonyl (C=O) groups excluding carboxylic acids is 1. The van der Waals surface area contributed by atoms with Gasteiger partial charge in [-0.1, -0.05) is 48.5 Å². The van der Waals surface area contributed by atoms with Crippen LogP contribution in [0.15, 0.2) is 71.6 Å². The third-order valence-corrected chi connectivity index (χ3v) is 7.77. The van der Waals surface area contributed by atoms with E-state index in [1.54, 1.807) is 36.9 Å². The van der Waals surface area contributed by atoms with Crippen LogP contribution in [0.2, 0.25) is 0 Å². The molecule has 3 aromatic rings. The molecule has 0 radical (unpaired) electrons. The molecule has 0 bridgehead atoms. The molecule has 0 unspecified atom stereocenters. The van der Waals surface area contributed by atoms with Crippen LogP contribution in [0.3, 0.4) is 0 Å². The number of benzene rings is 3. The van der Waals surface area contributed by atoms with E-state index in [9.17, 15) is 13.2 Å². The largest absolute Gasteiger partial charge is 0.351 e. The molecule has 3 rings (SSSR count). The maximum atomic E-state index is 13.0. The van der Waals surface area contributed by atoms with Crippen LogP contribution < -0.4 is 10.0 Å². The van der Waals surface area contributed by atoms with E-state index < -0.39 is 10.0 Å². The van der Waals surface area contributed by atoms with Crippen molar-refractivity contribution in [2.45, 2.75) is 31.4 Å². The lowest BCUT2D eigenvalue weighted by Crippen LogP contribution is -2.26. The molecule has 0 aromatic heterocycles. The number of nitrogens with one attached hydrogen (secondary N) is 2. The van der Waals surface area contributed by atoms with E-state index in [-0.39, 0.29) is 10.8 Å². The predicted molar refractivity (Wildman–Crippen MR) is 133 cm³/mol. The first-order chi connectivity index (χ1) is 15.3. The minimum atomic E-state index is -3.83. The predicted octanol–water partition coefficient (Wildman–Crippen LogP) is 5.08. The second-order valence-corrected chi connectivity index (χ2v) is 10.4. The number of thioether (sulfide) groups is 1. The fourth-order valence-corrected chi connectivity index (χ4v) is 5.41. The maximum Gasteiger partial charge on any atom is 0.262 e. The van der Waals surface area contributed by atoms with E-state index in [2.05, 4.69) is 22.2 Å². The van der Waals surface area contributed by atoms with Gasteiger partial charge in [0.25, 0.3) is 15.9 Å². The Morgan fingerprint density at radius 2 is 1.66 bits per heavy atom. The lowest BCUT2D eigenvalue weighted by Gasteiger charge is -2.14. The molecule has 0 aliphatic rings. The Bertz CT molecular complexity index is 1190. The highest BCUT2D eigenvalue weighted by Gasteiger charge is 2.20. The van der Waals surface area contributed by atoms with Gasteiger partial charge < -0.3 is 5.32 Å². The molecule has 0 atom stereocenters. The molecule has 3 aromatic carbocycles. The third kappa shape index (κ3) is 6.14. The zero-order valence-corrected chi connectivity index (χ0v) is 20.1. The molecule has 0 spiro atoms. The summed E-state index contributed by atoms with van der Waals surface area (Å²) < 4.78 is 28.8. The summed E-state index contributed by atoms with van der Waals surface area (Å²) >= 11 is 1.74. The van der Waals surface area contributed by atoms with Crippen molar-refractivity contribution in [3.63, 3.8) is 0 Å². The molecule has 2 N–H and O–H groups in total. The average molecular weight is 469 g/mol. The Kier molecular flexibility index (Phi) is 7.99. The van der Waals surface area contributed by atoms with Crippen molar-refractivity contribution >= 4 is 33.4 Å². The Balaban J connectivity index is 1.64. The SMILES string of the molecule is Cc1ccc(C(=O)NCCSCc2ccccc2)cc1S(=O)(=O)Nc1cccc(C)c1C. The molecule has 32 heavy (non-hydrogen) atoms. The van der Waals surface area contributed by atoms with Crippen molar-refractivity contribution < 1.29 is 13.2 Å². The summed E-state index contributed by atoms with van der Waals surface area (Å²) in [5, 5.41) is 2.87. The summed E-state index contributed by atoms with van der Waals surface area (Å²) in [6.07, 6.45) is 0. The fraction of sp³-hybridized carbons (Fsp3) is 0.240. The molecule has 0 saturated heterocycles. The van der Waals surface area contributed by atoms with Crippen LogP contribution in [0.4, 0.5) is 5.69 Å². The average Bonchev–Trinajstić information content (AvgIpc) is 2.77. The third-order valence-electron chi connectivity index (χ3n) is 5.23. The first-order valence-corrected chi connectivity index (χ1v) is 13.0. The first kappa shape index (κ1) is 23.9. The molecule has 1 amide bonds. The van der Waals surface area contributed by atoms with Gasteiger partial charge in [-0.25, -0.2) is 8.42 Å². The number of rotatable bonds is 9. The van der Waals surface area contributed by atoms with E-state index in [1.165, 1.54) is 11.6 Å². The number of carbonyl (C=O) groups is 1. The van der Waals surface area contributed by atoms with Gasteiger partial charge in [0.2, 0.25) is 0 Å². The van der Waals surface area contributed by atoms with Gasteiger partial charge in [-0.05, 0) is 61.2 Å². The first-order valence-electron chi connectivity index (χ1n) is 10.4. The monoisotopic (exact) mass is 468 g/mol. The Labute approximate surface area is 194 Å². The van der Waals surface area contributed by atoms with Crippen molar-refractivity contribution in [3.05, 3.63) is 94.5 Å². The van der Waals surface area contributed by atoms with Crippen molar-refractivity contribution in [2.24, 2.45) is 0 Å². The zero-order chi connectivity index (χ0) is 23.1. The molecule has 0 aliphatic carbocycles. The van der Waals surface area contributed by atoms with Gasteiger partial charge >= 0.3 is 0 Å². The van der Waals surface area contributed by atoms with Crippen LogP contribution in [0.5, 0.6) is 0 Å². The minimum absolute atomic E-state index is 0.101. The standard InChI is InChI=1S/C25H28N2O3S2/c1-18-8-7-11-23(20(18)3)27-32(29,30)24-16-22(13-12-19(24)2)25(28)26-14-15-31-17-21-9-5-4-6-10-21/h4-13,16,27H,14-15,17H2,1-3H3,(H,26,28). The van der Waals surface area contributed by atoms with Gasteiger partial charge in [0.15, 0.2) is 0 Å². The Morgan fingerprint density at radius 1 is 0.906 bits per heavy atom. The number of sulfonamides is 1. The summed E-state index contributed by atoms with van der Waals surface area (Å²) in [4.78, 5) is 12.7. The second-order valence-electron chi connectivity index (χ2n) is 7.63. The van der Waals surface area contributed by atoms with Crippen molar-refractivity contribution in [2.75, 3.05) is 17.0 Å². The fourth-order valence-electron chi connectivity index (χ4n) is 3.20. The molecular formula is C25H28N2O3S2. The van der Waals surface area contributed by atoms with Crippen LogP contribution in [0, 0.1) is 20.8 Å². The van der Waals surface area contributed by atoms with Crippen molar-refractivity contribution in [3.8, 4) is 0 Å². The van der Waals surface area contributed by atoms with Gasteiger partial charge in [-0.3, -0.25) is 9.52 Å². The molecule has 7 heteroatoms. The molecule has 0 saturated carbocycles. The van der Waals surface area contributed by atoms with E-state index in [0.717, 1.165) is 22.6 Å².